The van der Waals surface area contributed by atoms with Crippen LogP contribution in [-0.4, -0.2) is 39.8 Å². The maximum Gasteiger partial charge on any atom is 0.326 e. The summed E-state index contributed by atoms with van der Waals surface area (Å²) in [4.78, 5) is 24.8. The minimum atomic E-state index is -1.15. The van der Waals surface area contributed by atoms with Crippen LogP contribution in [0.4, 0.5) is 0 Å². The van der Waals surface area contributed by atoms with Gasteiger partial charge in [0.2, 0.25) is 0 Å². The summed E-state index contributed by atoms with van der Waals surface area (Å²) in [6.45, 7) is -0.145. The molecule has 36 heavy (non-hydrogen) atoms. The number of carboxylic acids is 1. The van der Waals surface area contributed by atoms with Gasteiger partial charge >= 0.3 is 5.97 Å². The van der Waals surface area contributed by atoms with Crippen LogP contribution in [0.1, 0.15) is 21.6 Å². The number of carbonyl (C=O) groups excluding carboxylic acids is 1. The van der Waals surface area contributed by atoms with E-state index in [4.69, 9.17) is 16.3 Å². The van der Waals surface area contributed by atoms with E-state index in [1.54, 1.807) is 42.1 Å². The predicted octanol–water partition coefficient (Wildman–Crippen LogP) is 4.72. The molecule has 0 saturated heterocycles. The summed E-state index contributed by atoms with van der Waals surface area (Å²) in [5, 5.41) is 21.9. The number of nitrogens with zero attached hydrogens (tertiary/aromatic N) is 1. The Morgan fingerprint density at radius 2 is 1.78 bits per heavy atom. The minimum Gasteiger partial charge on any atom is -0.497 e. The second-order valence-corrected chi connectivity index (χ2v) is 8.60. The Labute approximate surface area is 213 Å². The van der Waals surface area contributed by atoms with Gasteiger partial charge in [-0.2, -0.15) is 0 Å². The van der Waals surface area contributed by atoms with Gasteiger partial charge in [0.15, 0.2) is 0 Å². The first-order chi connectivity index (χ1) is 17.4. The zero-order valence-electron chi connectivity index (χ0n) is 19.5. The lowest BCUT2D eigenvalue weighted by molar-refractivity contribution is -0.139. The van der Waals surface area contributed by atoms with Gasteiger partial charge in [-0.3, -0.25) is 4.79 Å². The third kappa shape index (κ3) is 5.59. The molecule has 7 nitrogen and oxygen atoms in total. The van der Waals surface area contributed by atoms with Crippen LogP contribution in [0.25, 0.3) is 16.8 Å². The fraction of sp³-hybridized carbons (Fsp3) is 0.143. The van der Waals surface area contributed by atoms with Gasteiger partial charge in [0.25, 0.3) is 5.91 Å². The van der Waals surface area contributed by atoms with Gasteiger partial charge in [-0.05, 0) is 59.2 Å². The van der Waals surface area contributed by atoms with Crippen LogP contribution < -0.4 is 10.1 Å². The molecule has 0 radical (unpaired) electrons. The van der Waals surface area contributed by atoms with Crippen molar-refractivity contribution in [2.24, 2.45) is 0 Å². The van der Waals surface area contributed by atoms with E-state index in [1.165, 1.54) is 6.07 Å². The van der Waals surface area contributed by atoms with Gasteiger partial charge in [0.05, 0.1) is 24.3 Å². The molecule has 0 saturated carbocycles. The van der Waals surface area contributed by atoms with Crippen LogP contribution in [0.5, 0.6) is 5.75 Å². The molecule has 0 aliphatic heterocycles. The minimum absolute atomic E-state index is 0.110. The average Bonchev–Trinajstić information content (AvgIpc) is 3.37. The van der Waals surface area contributed by atoms with Crippen molar-refractivity contribution in [3.8, 4) is 22.6 Å². The van der Waals surface area contributed by atoms with E-state index in [-0.39, 0.29) is 23.6 Å². The summed E-state index contributed by atoms with van der Waals surface area (Å²) in [5.74, 6) is -0.978. The number of halogens is 1. The molecule has 4 aromatic rings. The summed E-state index contributed by atoms with van der Waals surface area (Å²) in [6.07, 6.45) is 1.88. The molecule has 3 N–H and O–H groups in total. The van der Waals surface area contributed by atoms with E-state index in [0.717, 1.165) is 22.4 Å². The highest BCUT2D eigenvalue weighted by Crippen LogP contribution is 2.25. The number of hydrogen-bond acceptors (Lipinski definition) is 4. The third-order valence-corrected chi connectivity index (χ3v) is 6.18. The molecule has 8 heteroatoms. The molecule has 1 heterocycles. The number of aliphatic hydroxyl groups is 1. The number of aromatic nitrogens is 1. The highest BCUT2D eigenvalue weighted by Gasteiger charge is 2.23. The molecule has 0 fully saturated rings. The quantitative estimate of drug-likeness (QED) is 0.306. The maximum absolute atomic E-state index is 12.9. The predicted molar refractivity (Wildman–Crippen MR) is 138 cm³/mol. The standard InChI is InChI=1S/C28H25ClN2O5/c1-36-23-6-2-4-20(15-23)19-9-7-18(8-10-19)14-26(28(34)35)30-27(33)24-12-11-21(16-25(24)29)31-13-3-5-22(31)17-32/h2-13,15-16,26,32H,14,17H2,1H3,(H,30,33)(H,34,35)/t26-/m0/s1. The Hall–Kier alpha value is -4.07. The van der Waals surface area contributed by atoms with Gasteiger partial charge in [0.1, 0.15) is 11.8 Å². The molecule has 0 aliphatic carbocycles. The summed E-state index contributed by atoms with van der Waals surface area (Å²) in [7, 11) is 1.61. The van der Waals surface area contributed by atoms with E-state index in [0.29, 0.717) is 11.4 Å². The molecule has 0 bridgehead atoms. The Kier molecular flexibility index (Phi) is 7.73. The number of aliphatic hydroxyl groups excluding tert-OH is 1. The zero-order chi connectivity index (χ0) is 25.7. The molecule has 0 aliphatic rings. The number of ether oxygens (including phenoxy) is 1. The van der Waals surface area contributed by atoms with Crippen LogP contribution >= 0.6 is 11.6 Å². The summed E-state index contributed by atoms with van der Waals surface area (Å²) < 4.78 is 7.02. The summed E-state index contributed by atoms with van der Waals surface area (Å²) >= 11 is 6.36. The molecular weight excluding hydrogens is 480 g/mol. The number of rotatable bonds is 9. The van der Waals surface area contributed by atoms with E-state index < -0.39 is 17.9 Å². The summed E-state index contributed by atoms with van der Waals surface area (Å²) in [5.41, 5.74) is 4.22. The monoisotopic (exact) mass is 504 g/mol. The molecule has 0 spiro atoms. The van der Waals surface area contributed by atoms with Gasteiger partial charge in [0, 0.05) is 24.0 Å². The van der Waals surface area contributed by atoms with E-state index in [9.17, 15) is 19.8 Å². The number of hydrogen-bond donors (Lipinski definition) is 3. The molecule has 1 amide bonds. The molecule has 1 aromatic heterocycles. The van der Waals surface area contributed by atoms with Crippen LogP contribution in [0, 0.1) is 0 Å². The number of methoxy groups -OCH3 is 1. The Bertz CT molecular complexity index is 1380. The lowest BCUT2D eigenvalue weighted by Gasteiger charge is -2.16. The van der Waals surface area contributed by atoms with Gasteiger partial charge in [-0.1, -0.05) is 48.0 Å². The smallest absolute Gasteiger partial charge is 0.326 e. The Balaban J connectivity index is 1.47. The number of amides is 1. The fourth-order valence-electron chi connectivity index (χ4n) is 3.94. The number of carboxylic acid groups (broad SMARTS) is 1. The van der Waals surface area contributed by atoms with Crippen molar-refractivity contribution in [2.45, 2.75) is 19.1 Å². The fourth-order valence-corrected chi connectivity index (χ4v) is 4.20. The lowest BCUT2D eigenvalue weighted by atomic mass is 10.00. The first-order valence-electron chi connectivity index (χ1n) is 11.2. The second kappa shape index (κ2) is 11.1. The third-order valence-electron chi connectivity index (χ3n) is 5.87. The average molecular weight is 505 g/mol. The number of aliphatic carboxylic acids is 1. The molecule has 0 unspecified atom stereocenters. The molecule has 184 valence electrons. The topological polar surface area (TPSA) is 101 Å². The van der Waals surface area contributed by atoms with Gasteiger partial charge in [-0.25, -0.2) is 4.79 Å². The van der Waals surface area contributed by atoms with Crippen LogP contribution in [0.2, 0.25) is 5.02 Å². The molecule has 1 atom stereocenters. The Morgan fingerprint density at radius 1 is 1.00 bits per heavy atom. The van der Waals surface area contributed by atoms with Crippen LogP contribution in [-0.2, 0) is 17.8 Å². The zero-order valence-corrected chi connectivity index (χ0v) is 20.3. The van der Waals surface area contributed by atoms with Crippen molar-refractivity contribution in [3.63, 3.8) is 0 Å². The maximum atomic E-state index is 12.9. The van der Waals surface area contributed by atoms with Gasteiger partial charge in [-0.15, -0.1) is 0 Å². The van der Waals surface area contributed by atoms with E-state index in [2.05, 4.69) is 5.32 Å². The van der Waals surface area contributed by atoms with Crippen molar-refractivity contribution in [3.05, 3.63) is 107 Å². The van der Waals surface area contributed by atoms with E-state index >= 15 is 0 Å². The Morgan fingerprint density at radius 3 is 2.44 bits per heavy atom. The number of benzene rings is 3. The molecular formula is C28H25ClN2O5. The van der Waals surface area contributed by atoms with Crippen molar-refractivity contribution in [2.75, 3.05) is 7.11 Å². The van der Waals surface area contributed by atoms with Crippen LogP contribution in [0.3, 0.4) is 0 Å². The lowest BCUT2D eigenvalue weighted by Crippen LogP contribution is -2.42. The number of nitrogens with one attached hydrogen (secondary N) is 1. The first-order valence-corrected chi connectivity index (χ1v) is 11.6. The number of carbonyl (C=O) groups is 2. The SMILES string of the molecule is COc1cccc(-c2ccc(C[C@H](NC(=O)c3ccc(-n4cccc4CO)cc3Cl)C(=O)O)cc2)c1. The van der Waals surface area contributed by atoms with Crippen molar-refractivity contribution in [1.29, 1.82) is 0 Å². The molecule has 3 aromatic carbocycles. The molecule has 4 rings (SSSR count). The van der Waals surface area contributed by atoms with Crippen molar-refractivity contribution < 1.29 is 24.5 Å². The van der Waals surface area contributed by atoms with Crippen LogP contribution in [0.15, 0.2) is 85.1 Å². The van der Waals surface area contributed by atoms with Crippen molar-refractivity contribution >= 4 is 23.5 Å². The summed E-state index contributed by atoms with van der Waals surface area (Å²) in [6, 6.07) is 22.4. The highest BCUT2D eigenvalue weighted by molar-refractivity contribution is 6.34. The van der Waals surface area contributed by atoms with Gasteiger partial charge < -0.3 is 24.8 Å². The normalized spacial score (nSPS) is 11.6. The van der Waals surface area contributed by atoms with E-state index in [1.807, 2.05) is 48.5 Å². The van der Waals surface area contributed by atoms with Crippen molar-refractivity contribution in [1.82, 2.24) is 9.88 Å². The largest absolute Gasteiger partial charge is 0.497 e. The highest BCUT2D eigenvalue weighted by atomic mass is 35.5. The second-order valence-electron chi connectivity index (χ2n) is 8.19. The first kappa shape index (κ1) is 25.0.